The average Bonchev–Trinajstić information content (AvgIpc) is 3.11. The van der Waals surface area contributed by atoms with E-state index in [0.29, 0.717) is 6.04 Å². The Balaban J connectivity index is 1.93. The fraction of sp³-hybridized carbons (Fsp3) is 0.400. The molecule has 1 aliphatic rings. The van der Waals surface area contributed by atoms with Gasteiger partial charge in [-0.15, -0.1) is 0 Å². The van der Waals surface area contributed by atoms with Gasteiger partial charge in [0.05, 0.1) is 0 Å². The summed E-state index contributed by atoms with van der Waals surface area (Å²) in [7, 11) is 0. The Morgan fingerprint density at radius 2 is 1.36 bits per heavy atom. The van der Waals surface area contributed by atoms with Crippen LogP contribution in [0.4, 0.5) is 0 Å². The summed E-state index contributed by atoms with van der Waals surface area (Å²) >= 11 is 0. The SMILES string of the molecule is C[C@H](CC(O)(c1ccccc1)c1ccccc1)N1CCCC1. The Kier molecular flexibility index (Phi) is 4.60. The molecule has 0 spiro atoms. The van der Waals surface area contributed by atoms with Gasteiger partial charge in [-0.3, -0.25) is 0 Å². The molecule has 2 heteroatoms. The first-order valence-corrected chi connectivity index (χ1v) is 8.27. The predicted octanol–water partition coefficient (Wildman–Crippen LogP) is 3.80. The van der Waals surface area contributed by atoms with Gasteiger partial charge in [-0.05, 0) is 50.4 Å². The highest BCUT2D eigenvalue weighted by Crippen LogP contribution is 2.35. The third-order valence-corrected chi connectivity index (χ3v) is 4.86. The summed E-state index contributed by atoms with van der Waals surface area (Å²) in [6, 6.07) is 20.5. The molecule has 1 saturated heterocycles. The van der Waals surface area contributed by atoms with Crippen LogP contribution >= 0.6 is 0 Å². The molecule has 22 heavy (non-hydrogen) atoms. The van der Waals surface area contributed by atoms with Gasteiger partial charge in [0, 0.05) is 6.04 Å². The fourth-order valence-corrected chi connectivity index (χ4v) is 3.57. The van der Waals surface area contributed by atoms with Crippen molar-refractivity contribution in [3.63, 3.8) is 0 Å². The van der Waals surface area contributed by atoms with Gasteiger partial charge in [-0.1, -0.05) is 60.7 Å². The van der Waals surface area contributed by atoms with Crippen LogP contribution in [0.2, 0.25) is 0 Å². The molecule has 0 radical (unpaired) electrons. The molecule has 2 aromatic rings. The number of hydrogen-bond acceptors (Lipinski definition) is 2. The van der Waals surface area contributed by atoms with Gasteiger partial charge in [-0.25, -0.2) is 0 Å². The Morgan fingerprint density at radius 1 is 0.909 bits per heavy atom. The minimum absolute atomic E-state index is 0.368. The van der Waals surface area contributed by atoms with Crippen molar-refractivity contribution >= 4 is 0 Å². The van der Waals surface area contributed by atoms with Crippen LogP contribution in [-0.4, -0.2) is 29.1 Å². The summed E-state index contributed by atoms with van der Waals surface area (Å²) < 4.78 is 0. The molecular weight excluding hydrogens is 270 g/mol. The minimum Gasteiger partial charge on any atom is -0.380 e. The second-order valence-corrected chi connectivity index (χ2v) is 6.39. The zero-order chi connectivity index (χ0) is 15.4. The first kappa shape index (κ1) is 15.3. The largest absolute Gasteiger partial charge is 0.380 e. The molecule has 1 heterocycles. The van der Waals surface area contributed by atoms with Crippen molar-refractivity contribution in [1.29, 1.82) is 0 Å². The van der Waals surface area contributed by atoms with Crippen molar-refractivity contribution in [2.75, 3.05) is 13.1 Å². The van der Waals surface area contributed by atoms with E-state index in [1.54, 1.807) is 0 Å². The molecule has 1 aliphatic heterocycles. The quantitative estimate of drug-likeness (QED) is 0.907. The van der Waals surface area contributed by atoms with Gasteiger partial charge in [-0.2, -0.15) is 0 Å². The first-order chi connectivity index (χ1) is 10.7. The molecular formula is C20H25NO. The summed E-state index contributed by atoms with van der Waals surface area (Å²) in [5, 5.41) is 11.6. The molecule has 0 amide bonds. The number of nitrogens with zero attached hydrogens (tertiary/aromatic N) is 1. The van der Waals surface area contributed by atoms with E-state index >= 15 is 0 Å². The van der Waals surface area contributed by atoms with Crippen molar-refractivity contribution in [1.82, 2.24) is 4.90 Å². The highest BCUT2D eigenvalue weighted by atomic mass is 16.3. The van der Waals surface area contributed by atoms with E-state index in [1.807, 2.05) is 60.7 Å². The lowest BCUT2D eigenvalue weighted by molar-refractivity contribution is 0.0417. The van der Waals surface area contributed by atoms with Crippen LogP contribution in [-0.2, 0) is 5.60 Å². The van der Waals surface area contributed by atoms with Gasteiger partial charge in [0.2, 0.25) is 0 Å². The highest BCUT2D eigenvalue weighted by Gasteiger charge is 2.35. The first-order valence-electron chi connectivity index (χ1n) is 8.27. The number of likely N-dealkylation sites (tertiary alicyclic amines) is 1. The maximum atomic E-state index is 11.6. The van der Waals surface area contributed by atoms with Crippen LogP contribution in [0.5, 0.6) is 0 Å². The average molecular weight is 295 g/mol. The van der Waals surface area contributed by atoms with Crippen molar-refractivity contribution < 1.29 is 5.11 Å². The molecule has 1 fully saturated rings. The van der Waals surface area contributed by atoms with Crippen molar-refractivity contribution in [2.24, 2.45) is 0 Å². The smallest absolute Gasteiger partial charge is 0.116 e. The Labute approximate surface area is 133 Å². The van der Waals surface area contributed by atoms with E-state index in [1.165, 1.54) is 12.8 Å². The summed E-state index contributed by atoms with van der Waals surface area (Å²) in [5.74, 6) is 0. The van der Waals surface area contributed by atoms with Gasteiger partial charge < -0.3 is 10.0 Å². The molecule has 116 valence electrons. The van der Waals surface area contributed by atoms with E-state index in [2.05, 4.69) is 11.8 Å². The maximum absolute atomic E-state index is 11.6. The van der Waals surface area contributed by atoms with Crippen molar-refractivity contribution in [3.8, 4) is 0 Å². The van der Waals surface area contributed by atoms with Gasteiger partial charge >= 0.3 is 0 Å². The van der Waals surface area contributed by atoms with E-state index in [4.69, 9.17) is 0 Å². The molecule has 3 rings (SSSR count). The second kappa shape index (κ2) is 6.64. The van der Waals surface area contributed by atoms with Crippen LogP contribution < -0.4 is 0 Å². The van der Waals surface area contributed by atoms with Crippen LogP contribution in [0, 0.1) is 0 Å². The molecule has 2 aromatic carbocycles. The lowest BCUT2D eigenvalue weighted by atomic mass is 9.81. The molecule has 1 atom stereocenters. The lowest BCUT2D eigenvalue weighted by Gasteiger charge is -2.35. The predicted molar refractivity (Wildman–Crippen MR) is 90.8 cm³/mol. The standard InChI is InChI=1S/C20H25NO/c1-17(21-14-8-9-15-21)16-20(22,18-10-4-2-5-11-18)19-12-6-3-7-13-19/h2-7,10-13,17,22H,8-9,14-16H2,1H3/t17-/m1/s1. The molecule has 0 aromatic heterocycles. The molecule has 1 N–H and O–H groups in total. The molecule has 0 unspecified atom stereocenters. The van der Waals surface area contributed by atoms with Gasteiger partial charge in [0.25, 0.3) is 0 Å². The summed E-state index contributed by atoms with van der Waals surface area (Å²) in [5.41, 5.74) is 1.03. The van der Waals surface area contributed by atoms with Gasteiger partial charge in [0.15, 0.2) is 0 Å². The Morgan fingerprint density at radius 3 is 1.82 bits per heavy atom. The van der Waals surface area contributed by atoms with E-state index < -0.39 is 5.60 Å². The highest BCUT2D eigenvalue weighted by molar-refractivity contribution is 5.36. The van der Waals surface area contributed by atoms with E-state index in [0.717, 1.165) is 30.6 Å². The Bertz CT molecular complexity index is 536. The molecule has 0 bridgehead atoms. The zero-order valence-corrected chi connectivity index (χ0v) is 13.3. The van der Waals surface area contributed by atoms with Crippen molar-refractivity contribution in [3.05, 3.63) is 71.8 Å². The fourth-order valence-electron chi connectivity index (χ4n) is 3.57. The number of benzene rings is 2. The van der Waals surface area contributed by atoms with Crippen LogP contribution in [0.3, 0.4) is 0 Å². The van der Waals surface area contributed by atoms with E-state index in [-0.39, 0.29) is 0 Å². The second-order valence-electron chi connectivity index (χ2n) is 6.39. The monoisotopic (exact) mass is 295 g/mol. The van der Waals surface area contributed by atoms with Crippen molar-refractivity contribution in [2.45, 2.75) is 37.8 Å². The minimum atomic E-state index is -0.926. The summed E-state index contributed by atoms with van der Waals surface area (Å²) in [4.78, 5) is 2.50. The van der Waals surface area contributed by atoms with Crippen LogP contribution in [0.25, 0.3) is 0 Å². The summed E-state index contributed by atoms with van der Waals surface area (Å²) in [6.07, 6.45) is 3.28. The molecule has 2 nitrogen and oxygen atoms in total. The zero-order valence-electron chi connectivity index (χ0n) is 13.3. The number of rotatable bonds is 5. The number of aliphatic hydroxyl groups is 1. The third kappa shape index (κ3) is 3.08. The van der Waals surface area contributed by atoms with E-state index in [9.17, 15) is 5.11 Å². The van der Waals surface area contributed by atoms with Gasteiger partial charge in [0.1, 0.15) is 5.60 Å². The normalized spacial score (nSPS) is 17.5. The Hall–Kier alpha value is -1.64. The van der Waals surface area contributed by atoms with Crippen LogP contribution in [0.15, 0.2) is 60.7 Å². The number of hydrogen-bond donors (Lipinski definition) is 1. The lowest BCUT2D eigenvalue weighted by Crippen LogP contribution is -2.39. The summed E-state index contributed by atoms with van der Waals surface area (Å²) in [6.45, 7) is 4.55. The third-order valence-electron chi connectivity index (χ3n) is 4.86. The molecule has 0 aliphatic carbocycles. The topological polar surface area (TPSA) is 23.5 Å². The maximum Gasteiger partial charge on any atom is 0.116 e. The van der Waals surface area contributed by atoms with Crippen LogP contribution in [0.1, 0.15) is 37.3 Å². The molecule has 0 saturated carbocycles.